The molecule has 0 bridgehead atoms. The van der Waals surface area contributed by atoms with Crippen LogP contribution in [-0.2, 0) is 17.6 Å². The van der Waals surface area contributed by atoms with Crippen LogP contribution in [0.2, 0.25) is 0 Å². The lowest BCUT2D eigenvalue weighted by atomic mass is 10.1. The molecule has 0 aromatic carbocycles. The van der Waals surface area contributed by atoms with Crippen molar-refractivity contribution >= 4 is 28.2 Å². The SMILES string of the molecule is C[C@@H](NCC(=O)Nc1sc2c(c1C(N)=O)CCC2)c1ccco1. The monoisotopic (exact) mass is 333 g/mol. The summed E-state index contributed by atoms with van der Waals surface area (Å²) in [5.74, 6) is 0.0909. The third-order valence-electron chi connectivity index (χ3n) is 3.96. The van der Waals surface area contributed by atoms with E-state index in [0.717, 1.165) is 35.5 Å². The molecule has 1 aliphatic carbocycles. The maximum Gasteiger partial charge on any atom is 0.251 e. The molecule has 0 radical (unpaired) electrons. The van der Waals surface area contributed by atoms with E-state index in [2.05, 4.69) is 10.6 Å². The van der Waals surface area contributed by atoms with E-state index in [0.29, 0.717) is 10.6 Å². The molecule has 4 N–H and O–H groups in total. The fourth-order valence-electron chi connectivity index (χ4n) is 2.81. The van der Waals surface area contributed by atoms with Crippen molar-refractivity contribution in [2.24, 2.45) is 5.73 Å². The van der Waals surface area contributed by atoms with Gasteiger partial charge in [0.25, 0.3) is 5.91 Å². The fourth-order valence-corrected chi connectivity index (χ4v) is 4.12. The second-order valence-electron chi connectivity index (χ2n) is 5.59. The highest BCUT2D eigenvalue weighted by atomic mass is 32.1. The number of furan rings is 1. The molecule has 0 saturated heterocycles. The standard InChI is InChI=1S/C16H19N3O3S/c1-9(11-5-3-7-22-11)18-8-13(20)19-16-14(15(17)21)10-4-2-6-12(10)23-16/h3,5,7,9,18H,2,4,6,8H2,1H3,(H2,17,21)(H,19,20)/t9-/m1/s1. The van der Waals surface area contributed by atoms with Crippen molar-refractivity contribution in [1.82, 2.24) is 5.32 Å². The first-order valence-corrected chi connectivity index (χ1v) is 8.39. The van der Waals surface area contributed by atoms with Crippen LogP contribution in [0.25, 0.3) is 0 Å². The number of thiophene rings is 1. The number of amides is 2. The van der Waals surface area contributed by atoms with Gasteiger partial charge in [0, 0.05) is 4.88 Å². The normalized spacial score (nSPS) is 14.5. The predicted molar refractivity (Wildman–Crippen MR) is 88.6 cm³/mol. The smallest absolute Gasteiger partial charge is 0.251 e. The van der Waals surface area contributed by atoms with Gasteiger partial charge >= 0.3 is 0 Å². The van der Waals surface area contributed by atoms with E-state index >= 15 is 0 Å². The van der Waals surface area contributed by atoms with Crippen molar-refractivity contribution in [3.63, 3.8) is 0 Å². The maximum atomic E-state index is 12.1. The molecule has 0 spiro atoms. The molecule has 0 aliphatic heterocycles. The summed E-state index contributed by atoms with van der Waals surface area (Å²) in [5.41, 5.74) is 6.97. The maximum absolute atomic E-state index is 12.1. The van der Waals surface area contributed by atoms with Gasteiger partial charge in [-0.1, -0.05) is 0 Å². The Kier molecular flexibility index (Phi) is 4.49. The number of hydrogen-bond acceptors (Lipinski definition) is 5. The zero-order valence-electron chi connectivity index (χ0n) is 12.8. The molecule has 1 atom stereocenters. The number of nitrogens with one attached hydrogen (secondary N) is 2. The van der Waals surface area contributed by atoms with Crippen LogP contribution < -0.4 is 16.4 Å². The van der Waals surface area contributed by atoms with Crippen LogP contribution in [0.4, 0.5) is 5.00 Å². The number of anilines is 1. The number of rotatable bonds is 6. The number of carbonyl (C=O) groups excluding carboxylic acids is 2. The van der Waals surface area contributed by atoms with Gasteiger partial charge in [-0.25, -0.2) is 0 Å². The van der Waals surface area contributed by atoms with Crippen LogP contribution in [0.15, 0.2) is 22.8 Å². The van der Waals surface area contributed by atoms with Crippen LogP contribution in [0.3, 0.4) is 0 Å². The van der Waals surface area contributed by atoms with Gasteiger partial charge < -0.3 is 15.5 Å². The first-order valence-electron chi connectivity index (χ1n) is 7.57. The van der Waals surface area contributed by atoms with Crippen molar-refractivity contribution in [2.45, 2.75) is 32.2 Å². The molecule has 3 rings (SSSR count). The summed E-state index contributed by atoms with van der Waals surface area (Å²) in [6.07, 6.45) is 4.44. The highest BCUT2D eigenvalue weighted by molar-refractivity contribution is 7.17. The Bertz CT molecular complexity index is 721. The lowest BCUT2D eigenvalue weighted by molar-refractivity contribution is -0.115. The summed E-state index contributed by atoms with van der Waals surface area (Å²) in [4.78, 5) is 25.0. The average Bonchev–Trinajstić information content (AvgIpc) is 3.20. The van der Waals surface area contributed by atoms with E-state index in [9.17, 15) is 9.59 Å². The van der Waals surface area contributed by atoms with Crippen LogP contribution in [-0.4, -0.2) is 18.4 Å². The Labute approximate surface area is 138 Å². The minimum atomic E-state index is -0.475. The molecular formula is C16H19N3O3S. The highest BCUT2D eigenvalue weighted by Crippen LogP contribution is 2.38. The van der Waals surface area contributed by atoms with Crippen LogP contribution >= 0.6 is 11.3 Å². The van der Waals surface area contributed by atoms with E-state index in [1.165, 1.54) is 11.3 Å². The Balaban J connectivity index is 1.63. The zero-order valence-corrected chi connectivity index (χ0v) is 13.7. The Morgan fingerprint density at radius 2 is 2.26 bits per heavy atom. The predicted octanol–water partition coefficient (Wildman–Crippen LogP) is 2.22. The number of fused-ring (bicyclic) bond motifs is 1. The summed E-state index contributed by atoms with van der Waals surface area (Å²) in [6, 6.07) is 3.59. The molecule has 2 heterocycles. The van der Waals surface area contributed by atoms with E-state index in [1.807, 2.05) is 13.0 Å². The number of primary amides is 1. The van der Waals surface area contributed by atoms with Gasteiger partial charge in [0.2, 0.25) is 5.91 Å². The van der Waals surface area contributed by atoms with Crippen molar-refractivity contribution in [2.75, 3.05) is 11.9 Å². The van der Waals surface area contributed by atoms with Gasteiger partial charge in [-0.05, 0) is 43.9 Å². The van der Waals surface area contributed by atoms with Gasteiger partial charge in [0.15, 0.2) is 0 Å². The Hall–Kier alpha value is -2.12. The van der Waals surface area contributed by atoms with Crippen molar-refractivity contribution in [1.29, 1.82) is 0 Å². The fraction of sp³-hybridized carbons (Fsp3) is 0.375. The zero-order chi connectivity index (χ0) is 16.4. The first kappa shape index (κ1) is 15.8. The van der Waals surface area contributed by atoms with E-state index in [-0.39, 0.29) is 18.5 Å². The van der Waals surface area contributed by atoms with E-state index in [1.54, 1.807) is 12.3 Å². The molecule has 2 aromatic heterocycles. The van der Waals surface area contributed by atoms with Crippen molar-refractivity contribution < 1.29 is 14.0 Å². The summed E-state index contributed by atoms with van der Waals surface area (Å²) < 4.78 is 5.28. The molecule has 0 unspecified atom stereocenters. The van der Waals surface area contributed by atoms with Gasteiger partial charge in [-0.3, -0.25) is 14.9 Å². The number of carbonyl (C=O) groups is 2. The molecule has 122 valence electrons. The van der Waals surface area contributed by atoms with Gasteiger partial charge in [0.1, 0.15) is 10.8 Å². The molecule has 1 aliphatic rings. The third-order valence-corrected chi connectivity index (χ3v) is 5.17. The van der Waals surface area contributed by atoms with Crippen LogP contribution in [0.1, 0.15) is 45.9 Å². The number of hydrogen-bond donors (Lipinski definition) is 3. The van der Waals surface area contributed by atoms with Crippen LogP contribution in [0, 0.1) is 0 Å². The van der Waals surface area contributed by atoms with Crippen molar-refractivity contribution in [3.8, 4) is 0 Å². The molecule has 0 saturated carbocycles. The number of aryl methyl sites for hydroxylation is 1. The summed E-state index contributed by atoms with van der Waals surface area (Å²) in [5, 5.41) is 6.46. The Morgan fingerprint density at radius 3 is 2.96 bits per heavy atom. The largest absolute Gasteiger partial charge is 0.468 e. The quantitative estimate of drug-likeness (QED) is 0.755. The van der Waals surface area contributed by atoms with E-state index < -0.39 is 5.91 Å². The third kappa shape index (κ3) is 3.30. The summed E-state index contributed by atoms with van der Waals surface area (Å²) >= 11 is 1.46. The molecule has 0 fully saturated rings. The van der Waals surface area contributed by atoms with E-state index in [4.69, 9.17) is 10.2 Å². The average molecular weight is 333 g/mol. The summed E-state index contributed by atoms with van der Waals surface area (Å²) in [6.45, 7) is 2.04. The Morgan fingerprint density at radius 1 is 1.43 bits per heavy atom. The topological polar surface area (TPSA) is 97.4 Å². The first-order chi connectivity index (χ1) is 11.1. The van der Waals surface area contributed by atoms with Gasteiger partial charge in [0.05, 0.1) is 24.4 Å². The molecule has 6 nitrogen and oxygen atoms in total. The second-order valence-corrected chi connectivity index (χ2v) is 6.70. The minimum absolute atomic E-state index is 0.0697. The number of nitrogens with two attached hydrogens (primary N) is 1. The molecule has 2 amide bonds. The van der Waals surface area contributed by atoms with Gasteiger partial charge in [-0.2, -0.15) is 0 Å². The lowest BCUT2D eigenvalue weighted by Crippen LogP contribution is -2.30. The molecule has 2 aromatic rings. The van der Waals surface area contributed by atoms with Crippen LogP contribution in [0.5, 0.6) is 0 Å². The molecule has 23 heavy (non-hydrogen) atoms. The molecule has 7 heteroatoms. The second kappa shape index (κ2) is 6.55. The minimum Gasteiger partial charge on any atom is -0.468 e. The highest BCUT2D eigenvalue weighted by Gasteiger charge is 2.26. The van der Waals surface area contributed by atoms with Gasteiger partial charge in [-0.15, -0.1) is 11.3 Å². The summed E-state index contributed by atoms with van der Waals surface area (Å²) in [7, 11) is 0. The molecular weight excluding hydrogens is 314 g/mol. The van der Waals surface area contributed by atoms with Crippen molar-refractivity contribution in [3.05, 3.63) is 40.2 Å². The lowest BCUT2D eigenvalue weighted by Gasteiger charge is -2.11.